The Bertz CT molecular complexity index is 1770. The maximum Gasteiger partial charge on any atom is 0.216 e. The molecule has 6 aromatic rings. The highest BCUT2D eigenvalue weighted by atomic mass is 16.3. The molecule has 0 N–H and O–H groups in total. The molecule has 3 heteroatoms. The molecule has 0 amide bonds. The first kappa shape index (κ1) is 20.9. The fourth-order valence-corrected chi connectivity index (χ4v) is 4.95. The van der Waals surface area contributed by atoms with Gasteiger partial charge in [-0.25, -0.2) is 9.41 Å². The van der Waals surface area contributed by atoms with E-state index in [9.17, 15) is 0 Å². The molecular weight excluding hydrogens is 428 g/mol. The molecule has 0 saturated carbocycles. The first-order valence-corrected chi connectivity index (χ1v) is 11.6. The normalized spacial score (nSPS) is 11.1. The van der Waals surface area contributed by atoms with Crippen LogP contribution in [-0.2, 0) is 7.05 Å². The predicted molar refractivity (Wildman–Crippen MR) is 142 cm³/mol. The number of hydrogen-bond acceptors (Lipinski definition) is 1. The minimum absolute atomic E-state index is 0.588. The predicted octanol–water partition coefficient (Wildman–Crippen LogP) is 8.27. The highest BCUT2D eigenvalue weighted by Crippen LogP contribution is 2.44. The molecule has 0 aliphatic heterocycles. The van der Waals surface area contributed by atoms with E-state index in [1.165, 1.54) is 0 Å². The minimum atomic E-state index is 0.588. The monoisotopic (exact) mass is 451 g/mol. The number of furan rings is 1. The van der Waals surface area contributed by atoms with E-state index in [2.05, 4.69) is 64.9 Å². The molecule has 4 aromatic carbocycles. The van der Waals surface area contributed by atoms with Crippen molar-refractivity contribution in [2.24, 2.45) is 7.05 Å². The van der Waals surface area contributed by atoms with Gasteiger partial charge in [-0.3, -0.25) is 0 Å². The first-order chi connectivity index (χ1) is 17.2. The third-order valence-corrected chi connectivity index (χ3v) is 6.69. The van der Waals surface area contributed by atoms with Gasteiger partial charge in [0.25, 0.3) is 0 Å². The quantitative estimate of drug-likeness (QED) is 0.196. The number of benzene rings is 4. The molecule has 0 fully saturated rings. The van der Waals surface area contributed by atoms with Gasteiger partial charge >= 0.3 is 0 Å². The minimum Gasteiger partial charge on any atom is -0.456 e. The third kappa shape index (κ3) is 3.39. The maximum atomic E-state index is 7.88. The fraction of sp³-hybridized carbons (Fsp3) is 0.0625. The zero-order chi connectivity index (χ0) is 23.9. The Hall–Kier alpha value is -4.68. The van der Waals surface area contributed by atoms with E-state index in [0.29, 0.717) is 5.69 Å². The van der Waals surface area contributed by atoms with E-state index < -0.39 is 0 Å². The number of aryl methyl sites for hydroxylation is 2. The number of pyridine rings is 1. The van der Waals surface area contributed by atoms with Crippen LogP contribution in [0.25, 0.3) is 60.3 Å². The van der Waals surface area contributed by atoms with Crippen molar-refractivity contribution in [2.75, 3.05) is 0 Å². The molecule has 0 bridgehead atoms. The number of hydrogen-bond donors (Lipinski definition) is 0. The van der Waals surface area contributed by atoms with Crippen LogP contribution < -0.4 is 4.57 Å². The molecule has 2 aromatic heterocycles. The van der Waals surface area contributed by atoms with Crippen LogP contribution in [0.5, 0.6) is 0 Å². The van der Waals surface area contributed by atoms with Gasteiger partial charge in [-0.05, 0) is 41.3 Å². The maximum absolute atomic E-state index is 7.88. The average molecular weight is 452 g/mol. The van der Waals surface area contributed by atoms with E-state index in [4.69, 9.17) is 11.0 Å². The van der Waals surface area contributed by atoms with Crippen molar-refractivity contribution in [3.63, 3.8) is 0 Å². The van der Waals surface area contributed by atoms with Crippen molar-refractivity contribution >= 4 is 27.6 Å². The van der Waals surface area contributed by atoms with Crippen LogP contribution in [0.15, 0.2) is 108 Å². The van der Waals surface area contributed by atoms with Crippen LogP contribution in [0.4, 0.5) is 5.69 Å². The van der Waals surface area contributed by atoms with Crippen molar-refractivity contribution < 1.29 is 8.98 Å². The highest BCUT2D eigenvalue weighted by molar-refractivity contribution is 6.15. The Morgan fingerprint density at radius 1 is 0.686 bits per heavy atom. The van der Waals surface area contributed by atoms with Crippen molar-refractivity contribution in [3.05, 3.63) is 120 Å². The van der Waals surface area contributed by atoms with Gasteiger partial charge in [0.15, 0.2) is 11.9 Å². The molecule has 166 valence electrons. The molecule has 35 heavy (non-hydrogen) atoms. The summed E-state index contributed by atoms with van der Waals surface area (Å²) in [5.41, 5.74) is 9.58. The van der Waals surface area contributed by atoms with Crippen LogP contribution in [0.2, 0.25) is 0 Å². The lowest BCUT2D eigenvalue weighted by atomic mass is 9.96. The molecule has 0 aliphatic rings. The molecular formula is C32H23N2O+. The summed E-state index contributed by atoms with van der Waals surface area (Å²) in [4.78, 5) is 3.87. The summed E-state index contributed by atoms with van der Waals surface area (Å²) in [5, 5.41) is 2.08. The summed E-state index contributed by atoms with van der Waals surface area (Å²) in [7, 11) is 2.05. The molecule has 0 saturated heterocycles. The van der Waals surface area contributed by atoms with Crippen molar-refractivity contribution in [1.82, 2.24) is 0 Å². The molecule has 0 aliphatic carbocycles. The van der Waals surface area contributed by atoms with Crippen molar-refractivity contribution in [2.45, 2.75) is 6.92 Å². The molecule has 3 nitrogen and oxygen atoms in total. The van der Waals surface area contributed by atoms with Gasteiger partial charge in [-0.2, -0.15) is 0 Å². The smallest absolute Gasteiger partial charge is 0.216 e. The number of rotatable bonds is 3. The number of aromatic nitrogens is 1. The first-order valence-electron chi connectivity index (χ1n) is 11.6. The van der Waals surface area contributed by atoms with E-state index in [0.717, 1.165) is 61.0 Å². The van der Waals surface area contributed by atoms with E-state index in [1.807, 2.05) is 61.8 Å². The summed E-state index contributed by atoms with van der Waals surface area (Å²) in [6, 6.07) is 33.1. The zero-order valence-electron chi connectivity index (χ0n) is 19.6. The van der Waals surface area contributed by atoms with Gasteiger partial charge in [0.05, 0.1) is 12.1 Å². The van der Waals surface area contributed by atoms with Gasteiger partial charge in [0, 0.05) is 28.5 Å². The van der Waals surface area contributed by atoms with Crippen LogP contribution in [0.1, 0.15) is 5.56 Å². The summed E-state index contributed by atoms with van der Waals surface area (Å²) < 4.78 is 8.81. The summed E-state index contributed by atoms with van der Waals surface area (Å²) in [6.45, 7) is 10.00. The fourth-order valence-electron chi connectivity index (χ4n) is 4.95. The van der Waals surface area contributed by atoms with Gasteiger partial charge in [-0.15, -0.1) is 0 Å². The summed E-state index contributed by atoms with van der Waals surface area (Å²) >= 11 is 0. The molecule has 6 rings (SSSR count). The van der Waals surface area contributed by atoms with Gasteiger partial charge in [-0.1, -0.05) is 72.8 Å². The Morgan fingerprint density at radius 3 is 2.14 bits per heavy atom. The Labute approximate surface area is 204 Å². The van der Waals surface area contributed by atoms with Crippen molar-refractivity contribution in [3.8, 4) is 33.5 Å². The lowest BCUT2D eigenvalue weighted by Crippen LogP contribution is -2.30. The zero-order valence-corrected chi connectivity index (χ0v) is 19.6. The second kappa shape index (κ2) is 8.27. The molecule has 0 spiro atoms. The Balaban J connectivity index is 1.67. The SMILES string of the molecule is [C-]#[N+]c1ccc2c(oc3c(-c4cccc[n+]4C)c(C)ccc32)c1-c1cccc(-c2ccccc2)c1. The van der Waals surface area contributed by atoms with Gasteiger partial charge < -0.3 is 4.42 Å². The number of nitrogens with zero attached hydrogens (tertiary/aromatic N) is 2. The molecule has 0 unspecified atom stereocenters. The standard InChI is InChI=1S/C32H23N2O/c1-21-15-16-25-26-17-18-27(33-2)30(24-13-9-12-23(20-24)22-10-5-4-6-11-22)32(26)35-31(25)29(21)28-14-7-8-19-34(28)3/h4-20H,1,3H3/q+1. The van der Waals surface area contributed by atoms with Crippen LogP contribution >= 0.6 is 0 Å². The topological polar surface area (TPSA) is 21.4 Å². The van der Waals surface area contributed by atoms with E-state index >= 15 is 0 Å². The molecule has 0 radical (unpaired) electrons. The van der Waals surface area contributed by atoms with Crippen molar-refractivity contribution in [1.29, 1.82) is 0 Å². The van der Waals surface area contributed by atoms with Gasteiger partial charge in [0.2, 0.25) is 5.69 Å². The van der Waals surface area contributed by atoms with Crippen LogP contribution in [0.3, 0.4) is 0 Å². The lowest BCUT2D eigenvalue weighted by Gasteiger charge is -2.09. The molecule has 2 heterocycles. The average Bonchev–Trinajstić information content (AvgIpc) is 3.28. The van der Waals surface area contributed by atoms with Crippen LogP contribution in [-0.4, -0.2) is 0 Å². The molecule has 0 atom stereocenters. The Kier molecular flexibility index (Phi) is 4.94. The summed E-state index contributed by atoms with van der Waals surface area (Å²) in [5.74, 6) is 0. The van der Waals surface area contributed by atoms with E-state index in [-0.39, 0.29) is 0 Å². The second-order valence-corrected chi connectivity index (χ2v) is 8.83. The van der Waals surface area contributed by atoms with E-state index in [1.54, 1.807) is 0 Å². The lowest BCUT2D eigenvalue weighted by molar-refractivity contribution is -0.660. The van der Waals surface area contributed by atoms with Crippen LogP contribution in [0, 0.1) is 13.5 Å². The highest BCUT2D eigenvalue weighted by Gasteiger charge is 2.22. The third-order valence-electron chi connectivity index (χ3n) is 6.69. The number of fused-ring (bicyclic) bond motifs is 3. The Morgan fingerprint density at radius 2 is 1.37 bits per heavy atom. The second-order valence-electron chi connectivity index (χ2n) is 8.83. The largest absolute Gasteiger partial charge is 0.456 e. The summed E-state index contributed by atoms with van der Waals surface area (Å²) in [6.07, 6.45) is 2.05. The van der Waals surface area contributed by atoms with Gasteiger partial charge in [0.1, 0.15) is 18.2 Å².